The first-order valence-electron chi connectivity index (χ1n) is 9.56. The third-order valence-electron chi connectivity index (χ3n) is 4.34. The van der Waals surface area contributed by atoms with Gasteiger partial charge in [0.1, 0.15) is 12.1 Å². The highest BCUT2D eigenvalue weighted by Gasteiger charge is 2.27. The molecule has 1 rings (SSSR count). The maximum Gasteiger partial charge on any atom is 0.326 e. The first-order chi connectivity index (χ1) is 14.5. The molecule has 13 nitrogen and oxygen atoms in total. The summed E-state index contributed by atoms with van der Waals surface area (Å²) in [5.41, 5.74) is 6.37. The van der Waals surface area contributed by atoms with Crippen LogP contribution in [0.1, 0.15) is 32.4 Å². The molecule has 0 saturated heterocycles. The number of aliphatic carboxylic acids is 2. The summed E-state index contributed by atoms with van der Waals surface area (Å²) >= 11 is 0. The zero-order valence-corrected chi connectivity index (χ0v) is 17.3. The molecule has 3 unspecified atom stereocenters. The number of H-pyrrole nitrogens is 1. The molecule has 31 heavy (non-hydrogen) atoms. The lowest BCUT2D eigenvalue weighted by molar-refractivity contribution is -0.143. The molecule has 0 fully saturated rings. The van der Waals surface area contributed by atoms with E-state index >= 15 is 0 Å². The van der Waals surface area contributed by atoms with Crippen molar-refractivity contribution < 1.29 is 34.2 Å². The molecule has 1 aromatic heterocycles. The number of nitrogens with two attached hydrogens (primary N) is 1. The minimum absolute atomic E-state index is 0.0559. The van der Waals surface area contributed by atoms with Crippen LogP contribution in [0.15, 0.2) is 12.5 Å². The number of hydrogen-bond donors (Lipinski definition) is 7. The Bertz CT molecular complexity index is 780. The minimum Gasteiger partial charge on any atom is -0.481 e. The Morgan fingerprint density at radius 2 is 1.77 bits per heavy atom. The molecule has 0 saturated carbocycles. The Balaban J connectivity index is 2.71. The fraction of sp³-hybridized carbons (Fsp3) is 0.556. The molecule has 0 aliphatic carbocycles. The van der Waals surface area contributed by atoms with Crippen molar-refractivity contribution in [2.24, 2.45) is 11.7 Å². The van der Waals surface area contributed by atoms with Crippen LogP contribution in [0, 0.1) is 5.92 Å². The van der Waals surface area contributed by atoms with E-state index in [9.17, 15) is 24.0 Å². The van der Waals surface area contributed by atoms with Crippen LogP contribution in [0.2, 0.25) is 0 Å². The summed E-state index contributed by atoms with van der Waals surface area (Å²) in [5.74, 6) is -4.82. The molecule has 0 bridgehead atoms. The fourth-order valence-electron chi connectivity index (χ4n) is 2.46. The van der Waals surface area contributed by atoms with Crippen molar-refractivity contribution in [1.29, 1.82) is 0 Å². The van der Waals surface area contributed by atoms with Crippen LogP contribution in [0.5, 0.6) is 0 Å². The van der Waals surface area contributed by atoms with Crippen LogP contribution in [0.3, 0.4) is 0 Å². The quantitative estimate of drug-likeness (QED) is 0.180. The average Bonchev–Trinajstić information content (AvgIpc) is 3.20. The van der Waals surface area contributed by atoms with Gasteiger partial charge in [0.15, 0.2) is 0 Å². The monoisotopic (exact) mass is 440 g/mol. The number of amides is 3. The van der Waals surface area contributed by atoms with Gasteiger partial charge in [0.25, 0.3) is 0 Å². The minimum atomic E-state index is -1.41. The van der Waals surface area contributed by atoms with Gasteiger partial charge in [-0.05, 0) is 12.3 Å². The topological polar surface area (TPSA) is 217 Å². The van der Waals surface area contributed by atoms with Crippen molar-refractivity contribution in [3.63, 3.8) is 0 Å². The van der Waals surface area contributed by atoms with Crippen molar-refractivity contribution in [2.75, 3.05) is 6.54 Å². The molecule has 1 aromatic rings. The molecule has 172 valence electrons. The number of rotatable bonds is 13. The van der Waals surface area contributed by atoms with Gasteiger partial charge in [-0.3, -0.25) is 19.2 Å². The molecular formula is C18H28N6O7. The van der Waals surface area contributed by atoms with Gasteiger partial charge < -0.3 is 36.9 Å². The van der Waals surface area contributed by atoms with E-state index in [0.717, 1.165) is 0 Å². The van der Waals surface area contributed by atoms with Gasteiger partial charge in [0, 0.05) is 24.7 Å². The molecule has 1 heterocycles. The Morgan fingerprint density at radius 1 is 1.10 bits per heavy atom. The standard InChI is InChI=1S/C18H28N6O7/c1-9(2)15(19)17(29)24-12(5-10-6-20-8-22-10)16(28)21-7-13(25)23-11(18(30)31)3-4-14(26)27/h6,8-9,11-12,15H,3-5,7,19H2,1-2H3,(H,20,22)(H,21,28)(H,23,25)(H,24,29)(H,26,27)(H,30,31). The van der Waals surface area contributed by atoms with E-state index in [2.05, 4.69) is 25.9 Å². The second-order valence-corrected chi connectivity index (χ2v) is 7.22. The molecule has 8 N–H and O–H groups in total. The lowest BCUT2D eigenvalue weighted by Crippen LogP contribution is -2.55. The average molecular weight is 440 g/mol. The van der Waals surface area contributed by atoms with Crippen LogP contribution < -0.4 is 21.7 Å². The van der Waals surface area contributed by atoms with E-state index in [1.807, 2.05) is 0 Å². The summed E-state index contributed by atoms with van der Waals surface area (Å²) in [4.78, 5) is 65.2. The van der Waals surface area contributed by atoms with Gasteiger partial charge in [-0.1, -0.05) is 13.8 Å². The van der Waals surface area contributed by atoms with Gasteiger partial charge in [0.05, 0.1) is 18.9 Å². The number of carboxylic acids is 2. The first-order valence-corrected chi connectivity index (χ1v) is 9.56. The van der Waals surface area contributed by atoms with E-state index < -0.39 is 60.8 Å². The third kappa shape index (κ3) is 9.25. The van der Waals surface area contributed by atoms with E-state index in [4.69, 9.17) is 15.9 Å². The SMILES string of the molecule is CC(C)C(N)C(=O)NC(Cc1cnc[nH]1)C(=O)NCC(=O)NC(CCC(=O)O)C(=O)O. The molecule has 0 aliphatic rings. The van der Waals surface area contributed by atoms with Crippen molar-refractivity contribution in [2.45, 2.75) is 51.2 Å². The van der Waals surface area contributed by atoms with Crippen molar-refractivity contribution in [3.8, 4) is 0 Å². The maximum absolute atomic E-state index is 12.6. The second-order valence-electron chi connectivity index (χ2n) is 7.22. The van der Waals surface area contributed by atoms with E-state index in [0.29, 0.717) is 5.69 Å². The number of hydrogen-bond acceptors (Lipinski definition) is 7. The van der Waals surface area contributed by atoms with Gasteiger partial charge >= 0.3 is 11.9 Å². The van der Waals surface area contributed by atoms with Gasteiger partial charge in [-0.2, -0.15) is 0 Å². The zero-order valence-electron chi connectivity index (χ0n) is 17.3. The predicted molar refractivity (Wildman–Crippen MR) is 106 cm³/mol. The van der Waals surface area contributed by atoms with Crippen LogP contribution >= 0.6 is 0 Å². The highest BCUT2D eigenvalue weighted by atomic mass is 16.4. The number of aromatic amines is 1. The summed E-state index contributed by atoms with van der Waals surface area (Å²) in [6.07, 6.45) is 2.18. The number of aromatic nitrogens is 2. The highest BCUT2D eigenvalue weighted by Crippen LogP contribution is 2.03. The second kappa shape index (κ2) is 12.3. The molecule has 3 atom stereocenters. The normalized spacial score (nSPS) is 13.7. The van der Waals surface area contributed by atoms with Crippen molar-refractivity contribution in [3.05, 3.63) is 18.2 Å². The summed E-state index contributed by atoms with van der Waals surface area (Å²) in [5, 5.41) is 24.7. The lowest BCUT2D eigenvalue weighted by atomic mass is 10.0. The van der Waals surface area contributed by atoms with Crippen LogP contribution in [0.4, 0.5) is 0 Å². The predicted octanol–water partition coefficient (Wildman–Crippen LogP) is -2.03. The molecule has 0 spiro atoms. The first kappa shape index (κ1) is 25.6. The van der Waals surface area contributed by atoms with E-state index in [1.54, 1.807) is 13.8 Å². The fourth-order valence-corrected chi connectivity index (χ4v) is 2.46. The molecule has 13 heteroatoms. The number of imidazole rings is 1. The van der Waals surface area contributed by atoms with Crippen molar-refractivity contribution >= 4 is 29.7 Å². The summed E-state index contributed by atoms with van der Waals surface area (Å²) in [6.45, 7) is 2.94. The number of carbonyl (C=O) groups is 5. The van der Waals surface area contributed by atoms with Gasteiger partial charge in [0.2, 0.25) is 17.7 Å². The van der Waals surface area contributed by atoms with Gasteiger partial charge in [-0.25, -0.2) is 9.78 Å². The Labute approximate surface area is 178 Å². The number of carboxylic acid groups (broad SMARTS) is 2. The number of nitrogens with one attached hydrogen (secondary N) is 4. The summed E-state index contributed by atoms with van der Waals surface area (Å²) < 4.78 is 0. The molecule has 0 radical (unpaired) electrons. The third-order valence-corrected chi connectivity index (χ3v) is 4.34. The van der Waals surface area contributed by atoms with E-state index in [-0.39, 0.29) is 18.8 Å². The van der Waals surface area contributed by atoms with Crippen LogP contribution in [0.25, 0.3) is 0 Å². The molecular weight excluding hydrogens is 412 g/mol. The highest BCUT2D eigenvalue weighted by molar-refractivity contribution is 5.92. The van der Waals surface area contributed by atoms with Crippen LogP contribution in [-0.2, 0) is 30.4 Å². The zero-order chi connectivity index (χ0) is 23.6. The van der Waals surface area contributed by atoms with Crippen molar-refractivity contribution in [1.82, 2.24) is 25.9 Å². The van der Waals surface area contributed by atoms with E-state index in [1.165, 1.54) is 12.5 Å². The largest absolute Gasteiger partial charge is 0.481 e. The Kier molecular flexibility index (Phi) is 10.1. The Morgan fingerprint density at radius 3 is 2.29 bits per heavy atom. The molecule has 0 aliphatic heterocycles. The maximum atomic E-state index is 12.6. The lowest BCUT2D eigenvalue weighted by Gasteiger charge is -2.22. The van der Waals surface area contributed by atoms with Gasteiger partial charge in [-0.15, -0.1) is 0 Å². The molecule has 3 amide bonds. The number of nitrogens with zero attached hydrogens (tertiary/aromatic N) is 1. The number of carbonyl (C=O) groups excluding carboxylic acids is 3. The smallest absolute Gasteiger partial charge is 0.326 e. The Hall–Kier alpha value is -3.48. The van der Waals surface area contributed by atoms with Crippen LogP contribution in [-0.4, -0.2) is 74.5 Å². The summed E-state index contributed by atoms with van der Waals surface area (Å²) in [6, 6.07) is -3.32. The summed E-state index contributed by atoms with van der Waals surface area (Å²) in [7, 11) is 0. The molecule has 0 aromatic carbocycles.